The summed E-state index contributed by atoms with van der Waals surface area (Å²) in [7, 11) is 1.81. The molecule has 4 heteroatoms. The summed E-state index contributed by atoms with van der Waals surface area (Å²) in [6.45, 7) is 0.548. The van der Waals surface area contributed by atoms with E-state index in [-0.39, 0.29) is 23.6 Å². The lowest BCUT2D eigenvalue weighted by molar-refractivity contribution is -0.131. The summed E-state index contributed by atoms with van der Waals surface area (Å²) in [6.07, 6.45) is 0.838. The van der Waals surface area contributed by atoms with Crippen molar-refractivity contribution in [3.8, 4) is 0 Å². The normalized spacial score (nSPS) is 19.8. The SMILES string of the molecule is CN(Cc1cccc(Cl)c1)C(=O)C1CC1c1ccc(F)cc1. The number of carbonyl (C=O) groups is 1. The van der Waals surface area contributed by atoms with Gasteiger partial charge in [0.2, 0.25) is 5.91 Å². The summed E-state index contributed by atoms with van der Waals surface area (Å²) in [5.41, 5.74) is 2.05. The molecule has 1 amide bonds. The number of hydrogen-bond donors (Lipinski definition) is 0. The third-order valence-electron chi connectivity index (χ3n) is 4.09. The first-order valence-electron chi connectivity index (χ1n) is 7.29. The smallest absolute Gasteiger partial charge is 0.226 e. The maximum Gasteiger partial charge on any atom is 0.226 e. The van der Waals surface area contributed by atoms with Crippen molar-refractivity contribution in [1.29, 1.82) is 0 Å². The average molecular weight is 318 g/mol. The number of benzene rings is 2. The van der Waals surface area contributed by atoms with Gasteiger partial charge >= 0.3 is 0 Å². The maximum atomic E-state index is 12.9. The fraction of sp³-hybridized carbons (Fsp3) is 0.278. The Morgan fingerprint density at radius 1 is 1.27 bits per heavy atom. The lowest BCUT2D eigenvalue weighted by atomic mass is 10.1. The van der Waals surface area contributed by atoms with E-state index in [1.54, 1.807) is 17.0 Å². The summed E-state index contributed by atoms with van der Waals surface area (Å²) >= 11 is 5.96. The molecule has 0 bridgehead atoms. The summed E-state index contributed by atoms with van der Waals surface area (Å²) in [5, 5.41) is 0.675. The molecule has 0 heterocycles. The van der Waals surface area contributed by atoms with E-state index in [1.165, 1.54) is 12.1 Å². The summed E-state index contributed by atoms with van der Waals surface area (Å²) in [4.78, 5) is 14.2. The van der Waals surface area contributed by atoms with Crippen molar-refractivity contribution in [3.05, 3.63) is 70.5 Å². The van der Waals surface area contributed by atoms with Gasteiger partial charge in [-0.3, -0.25) is 4.79 Å². The topological polar surface area (TPSA) is 20.3 Å². The Morgan fingerprint density at radius 3 is 2.68 bits per heavy atom. The number of carbonyl (C=O) groups excluding carboxylic acids is 1. The van der Waals surface area contributed by atoms with Crippen LogP contribution in [0.15, 0.2) is 48.5 Å². The highest BCUT2D eigenvalue weighted by atomic mass is 35.5. The Bertz CT molecular complexity index is 686. The molecule has 2 aromatic carbocycles. The van der Waals surface area contributed by atoms with Crippen LogP contribution in [-0.2, 0) is 11.3 Å². The molecular weight excluding hydrogens is 301 g/mol. The van der Waals surface area contributed by atoms with Gasteiger partial charge in [0.1, 0.15) is 5.82 Å². The molecule has 0 saturated heterocycles. The molecule has 114 valence electrons. The standard InChI is InChI=1S/C18H17ClFNO/c1-21(11-12-3-2-4-14(19)9-12)18(22)17-10-16(17)13-5-7-15(20)8-6-13/h2-9,16-17H,10-11H2,1H3. The van der Waals surface area contributed by atoms with Crippen molar-refractivity contribution in [1.82, 2.24) is 4.90 Å². The largest absolute Gasteiger partial charge is 0.341 e. The van der Waals surface area contributed by atoms with Crippen molar-refractivity contribution >= 4 is 17.5 Å². The summed E-state index contributed by atoms with van der Waals surface area (Å²) in [5.74, 6) is 0.115. The molecule has 0 N–H and O–H groups in total. The van der Waals surface area contributed by atoms with Crippen LogP contribution in [0.1, 0.15) is 23.5 Å². The fourth-order valence-corrected chi connectivity index (χ4v) is 3.03. The maximum absolute atomic E-state index is 12.9. The van der Waals surface area contributed by atoms with Gasteiger partial charge < -0.3 is 4.90 Å². The van der Waals surface area contributed by atoms with Gasteiger partial charge in [-0.15, -0.1) is 0 Å². The third kappa shape index (κ3) is 3.30. The third-order valence-corrected chi connectivity index (χ3v) is 4.33. The van der Waals surface area contributed by atoms with Crippen LogP contribution in [-0.4, -0.2) is 17.9 Å². The molecule has 22 heavy (non-hydrogen) atoms. The Balaban J connectivity index is 1.61. The molecular formula is C18H17ClFNO. The molecule has 0 radical (unpaired) electrons. The molecule has 2 unspecified atom stereocenters. The number of nitrogens with zero attached hydrogens (tertiary/aromatic N) is 1. The highest BCUT2D eigenvalue weighted by molar-refractivity contribution is 6.30. The van der Waals surface area contributed by atoms with E-state index in [2.05, 4.69) is 0 Å². The van der Waals surface area contributed by atoms with Crippen LogP contribution in [0.5, 0.6) is 0 Å². The second kappa shape index (κ2) is 6.09. The van der Waals surface area contributed by atoms with Crippen molar-refractivity contribution in [2.24, 2.45) is 5.92 Å². The van der Waals surface area contributed by atoms with Crippen molar-refractivity contribution in [3.63, 3.8) is 0 Å². The van der Waals surface area contributed by atoms with Crippen LogP contribution in [0.4, 0.5) is 4.39 Å². The van der Waals surface area contributed by atoms with Crippen LogP contribution in [0.25, 0.3) is 0 Å². The van der Waals surface area contributed by atoms with E-state index in [4.69, 9.17) is 11.6 Å². The van der Waals surface area contributed by atoms with E-state index >= 15 is 0 Å². The minimum Gasteiger partial charge on any atom is -0.341 e. The van der Waals surface area contributed by atoms with Crippen molar-refractivity contribution in [2.75, 3.05) is 7.05 Å². The lowest BCUT2D eigenvalue weighted by Crippen LogP contribution is -2.28. The average Bonchev–Trinajstić information content (AvgIpc) is 3.27. The zero-order chi connectivity index (χ0) is 15.7. The predicted octanol–water partition coefficient (Wildman–Crippen LogP) is 4.24. The minimum atomic E-state index is -0.245. The Kier molecular flexibility index (Phi) is 4.16. The monoisotopic (exact) mass is 317 g/mol. The molecule has 0 spiro atoms. The van der Waals surface area contributed by atoms with Gasteiger partial charge in [-0.25, -0.2) is 4.39 Å². The summed E-state index contributed by atoms with van der Waals surface area (Å²) in [6, 6.07) is 14.0. The molecule has 2 nitrogen and oxygen atoms in total. The van der Waals surface area contributed by atoms with Gasteiger partial charge in [-0.2, -0.15) is 0 Å². The highest BCUT2D eigenvalue weighted by Crippen LogP contribution is 2.48. The van der Waals surface area contributed by atoms with E-state index in [1.807, 2.05) is 31.3 Å². The van der Waals surface area contributed by atoms with Gasteiger partial charge in [0.25, 0.3) is 0 Å². The van der Waals surface area contributed by atoms with Crippen molar-refractivity contribution in [2.45, 2.75) is 18.9 Å². The van der Waals surface area contributed by atoms with E-state index in [9.17, 15) is 9.18 Å². The van der Waals surface area contributed by atoms with E-state index < -0.39 is 0 Å². The van der Waals surface area contributed by atoms with Gasteiger partial charge in [-0.05, 0) is 47.7 Å². The van der Waals surface area contributed by atoms with E-state index in [0.717, 1.165) is 17.5 Å². The van der Waals surface area contributed by atoms with Gasteiger partial charge in [0.15, 0.2) is 0 Å². The van der Waals surface area contributed by atoms with Crippen LogP contribution in [0, 0.1) is 11.7 Å². The molecule has 0 aliphatic heterocycles. The second-order valence-corrected chi connectivity index (χ2v) is 6.26. The van der Waals surface area contributed by atoms with Gasteiger partial charge in [0.05, 0.1) is 0 Å². The number of rotatable bonds is 4. The first-order chi connectivity index (χ1) is 10.5. The van der Waals surface area contributed by atoms with Crippen molar-refractivity contribution < 1.29 is 9.18 Å². The first-order valence-corrected chi connectivity index (χ1v) is 7.67. The molecule has 1 aliphatic rings. The van der Waals surface area contributed by atoms with Crippen LogP contribution in [0.3, 0.4) is 0 Å². The molecule has 2 atom stereocenters. The molecule has 1 saturated carbocycles. The Hall–Kier alpha value is -1.87. The predicted molar refractivity (Wildman–Crippen MR) is 85.2 cm³/mol. The Labute approximate surface area is 134 Å². The summed E-state index contributed by atoms with van der Waals surface area (Å²) < 4.78 is 12.9. The first kappa shape index (κ1) is 15.0. The highest BCUT2D eigenvalue weighted by Gasteiger charge is 2.45. The second-order valence-electron chi connectivity index (χ2n) is 5.82. The minimum absolute atomic E-state index is 0.00893. The van der Waals surface area contributed by atoms with E-state index in [0.29, 0.717) is 11.6 Å². The zero-order valence-corrected chi connectivity index (χ0v) is 13.1. The zero-order valence-electron chi connectivity index (χ0n) is 12.3. The van der Waals surface area contributed by atoms with Gasteiger partial charge in [-0.1, -0.05) is 35.9 Å². The van der Waals surface area contributed by atoms with Crippen LogP contribution >= 0.6 is 11.6 Å². The lowest BCUT2D eigenvalue weighted by Gasteiger charge is -2.17. The van der Waals surface area contributed by atoms with Crippen LogP contribution < -0.4 is 0 Å². The Morgan fingerprint density at radius 2 is 2.00 bits per heavy atom. The molecule has 2 aromatic rings. The quantitative estimate of drug-likeness (QED) is 0.826. The fourth-order valence-electron chi connectivity index (χ4n) is 2.82. The number of halogens is 2. The molecule has 1 aliphatic carbocycles. The number of amides is 1. The van der Waals surface area contributed by atoms with Gasteiger partial charge in [0, 0.05) is 24.5 Å². The van der Waals surface area contributed by atoms with Crippen LogP contribution in [0.2, 0.25) is 5.02 Å². The molecule has 0 aromatic heterocycles. The number of hydrogen-bond acceptors (Lipinski definition) is 1. The molecule has 3 rings (SSSR count). The molecule has 1 fully saturated rings.